The molecular formula is C13H20N2O2. The van der Waals surface area contributed by atoms with E-state index in [4.69, 9.17) is 4.74 Å². The average molecular weight is 236 g/mol. The highest BCUT2D eigenvalue weighted by Crippen LogP contribution is 2.37. The van der Waals surface area contributed by atoms with Crippen LogP contribution < -0.4 is 10.1 Å². The Hall–Kier alpha value is -1.13. The maximum Gasteiger partial charge on any atom is 0.137 e. The lowest BCUT2D eigenvalue weighted by Gasteiger charge is -2.40. The first kappa shape index (κ1) is 12.3. The quantitative estimate of drug-likeness (QED) is 0.830. The Bertz CT molecular complexity index is 383. The fourth-order valence-electron chi connectivity index (χ4n) is 2.56. The van der Waals surface area contributed by atoms with Gasteiger partial charge in [0.05, 0.1) is 18.9 Å². The number of rotatable bonds is 3. The smallest absolute Gasteiger partial charge is 0.137 e. The van der Waals surface area contributed by atoms with E-state index in [0.717, 1.165) is 31.5 Å². The second kappa shape index (κ2) is 5.02. The van der Waals surface area contributed by atoms with E-state index in [9.17, 15) is 5.11 Å². The number of piperidine rings is 1. The predicted octanol–water partition coefficient (Wildman–Crippen LogP) is 1.30. The van der Waals surface area contributed by atoms with Crippen LogP contribution in [0.25, 0.3) is 0 Å². The summed E-state index contributed by atoms with van der Waals surface area (Å²) in [5, 5.41) is 14.2. The third kappa shape index (κ3) is 2.28. The van der Waals surface area contributed by atoms with E-state index in [1.807, 2.05) is 6.07 Å². The second-order valence-corrected chi connectivity index (χ2v) is 4.60. The van der Waals surface area contributed by atoms with Crippen LogP contribution in [0.3, 0.4) is 0 Å². The summed E-state index contributed by atoms with van der Waals surface area (Å²) >= 11 is 0. The van der Waals surface area contributed by atoms with Gasteiger partial charge in [0.25, 0.3) is 0 Å². The van der Waals surface area contributed by atoms with Crippen molar-refractivity contribution in [3.63, 3.8) is 0 Å². The van der Waals surface area contributed by atoms with Gasteiger partial charge in [-0.15, -0.1) is 0 Å². The molecule has 1 aliphatic rings. The minimum atomic E-state index is -0.776. The average Bonchev–Trinajstić information content (AvgIpc) is 2.39. The molecule has 2 N–H and O–H groups in total. The van der Waals surface area contributed by atoms with Crippen LogP contribution in [0.5, 0.6) is 5.75 Å². The van der Waals surface area contributed by atoms with Crippen LogP contribution in [-0.2, 0) is 5.60 Å². The van der Waals surface area contributed by atoms with Crippen molar-refractivity contribution in [3.8, 4) is 5.75 Å². The minimum Gasteiger partial charge on any atom is -0.495 e. The molecule has 0 saturated carbocycles. The summed E-state index contributed by atoms with van der Waals surface area (Å²) in [6, 6.07) is 1.89. The van der Waals surface area contributed by atoms with Gasteiger partial charge in [-0.25, -0.2) is 0 Å². The van der Waals surface area contributed by atoms with Gasteiger partial charge in [0.1, 0.15) is 5.75 Å². The Morgan fingerprint density at radius 2 is 2.41 bits per heavy atom. The van der Waals surface area contributed by atoms with Crippen LogP contribution in [0.15, 0.2) is 18.5 Å². The van der Waals surface area contributed by atoms with E-state index >= 15 is 0 Å². The highest BCUT2D eigenvalue weighted by atomic mass is 16.5. The molecule has 1 aromatic heterocycles. The number of pyridine rings is 1. The third-order valence-corrected chi connectivity index (χ3v) is 3.69. The Morgan fingerprint density at radius 3 is 3.12 bits per heavy atom. The molecule has 0 amide bonds. The summed E-state index contributed by atoms with van der Waals surface area (Å²) in [5.74, 6) is 0.925. The molecule has 0 spiro atoms. The van der Waals surface area contributed by atoms with E-state index in [2.05, 4.69) is 17.2 Å². The van der Waals surface area contributed by atoms with E-state index in [0.29, 0.717) is 5.75 Å². The van der Waals surface area contributed by atoms with Gasteiger partial charge in [0.2, 0.25) is 0 Å². The normalized spacial score (nSPS) is 29.0. The molecule has 0 aliphatic carbocycles. The van der Waals surface area contributed by atoms with Gasteiger partial charge in [-0.05, 0) is 25.5 Å². The summed E-state index contributed by atoms with van der Waals surface area (Å²) < 4.78 is 5.17. The van der Waals surface area contributed by atoms with Crippen LogP contribution in [0.2, 0.25) is 0 Å². The Labute approximate surface area is 102 Å². The summed E-state index contributed by atoms with van der Waals surface area (Å²) in [4.78, 5) is 4.14. The highest BCUT2D eigenvalue weighted by molar-refractivity contribution is 5.29. The van der Waals surface area contributed by atoms with E-state index in [1.165, 1.54) is 0 Å². The molecule has 4 heteroatoms. The van der Waals surface area contributed by atoms with Gasteiger partial charge in [0.15, 0.2) is 0 Å². The number of ether oxygens (including phenoxy) is 1. The third-order valence-electron chi connectivity index (χ3n) is 3.69. The fraction of sp³-hybridized carbons (Fsp3) is 0.615. The van der Waals surface area contributed by atoms with Crippen molar-refractivity contribution in [3.05, 3.63) is 24.0 Å². The van der Waals surface area contributed by atoms with Crippen molar-refractivity contribution in [2.24, 2.45) is 5.92 Å². The topological polar surface area (TPSA) is 54.4 Å². The molecular weight excluding hydrogens is 216 g/mol. The Kier molecular flexibility index (Phi) is 3.64. The number of aliphatic hydroxyl groups is 1. The molecule has 2 rings (SSSR count). The lowest BCUT2D eigenvalue weighted by molar-refractivity contribution is -0.0482. The number of hydrogen-bond donors (Lipinski definition) is 2. The molecule has 4 nitrogen and oxygen atoms in total. The van der Waals surface area contributed by atoms with Crippen molar-refractivity contribution in [1.82, 2.24) is 10.3 Å². The second-order valence-electron chi connectivity index (χ2n) is 4.60. The van der Waals surface area contributed by atoms with Crippen molar-refractivity contribution in [2.75, 3.05) is 20.2 Å². The maximum absolute atomic E-state index is 10.9. The Morgan fingerprint density at radius 1 is 1.59 bits per heavy atom. The predicted molar refractivity (Wildman–Crippen MR) is 66.0 cm³/mol. The summed E-state index contributed by atoms with van der Waals surface area (Å²) in [5.41, 5.74) is 0.0897. The van der Waals surface area contributed by atoms with Gasteiger partial charge in [-0.3, -0.25) is 4.98 Å². The molecule has 1 aliphatic heterocycles. The molecule has 1 fully saturated rings. The van der Waals surface area contributed by atoms with Crippen LogP contribution in [-0.4, -0.2) is 30.3 Å². The molecule has 0 aromatic carbocycles. The molecule has 2 atom stereocenters. The number of methoxy groups -OCH3 is 1. The standard InChI is InChI=1S/C13H20N2O2/c1-3-10-7-14-5-4-13(10,16)11-6-12(17-2)9-15-8-11/h6,8-10,14,16H,3-5,7H2,1-2H3. The van der Waals surface area contributed by atoms with Gasteiger partial charge in [0, 0.05) is 24.2 Å². The molecule has 0 bridgehead atoms. The fourth-order valence-corrected chi connectivity index (χ4v) is 2.56. The van der Waals surface area contributed by atoms with Crippen LogP contribution >= 0.6 is 0 Å². The first-order chi connectivity index (χ1) is 8.20. The largest absolute Gasteiger partial charge is 0.495 e. The zero-order valence-electron chi connectivity index (χ0n) is 10.4. The molecule has 17 heavy (non-hydrogen) atoms. The molecule has 2 heterocycles. The first-order valence-electron chi connectivity index (χ1n) is 6.13. The van der Waals surface area contributed by atoms with Crippen LogP contribution in [0, 0.1) is 5.92 Å². The zero-order chi connectivity index (χ0) is 12.3. The molecule has 2 unspecified atom stereocenters. The monoisotopic (exact) mass is 236 g/mol. The number of hydrogen-bond acceptors (Lipinski definition) is 4. The van der Waals surface area contributed by atoms with Crippen LogP contribution in [0.4, 0.5) is 0 Å². The van der Waals surface area contributed by atoms with Gasteiger partial charge in [-0.2, -0.15) is 0 Å². The first-order valence-corrected chi connectivity index (χ1v) is 6.13. The number of aromatic nitrogens is 1. The molecule has 1 saturated heterocycles. The van der Waals surface area contributed by atoms with E-state index in [-0.39, 0.29) is 5.92 Å². The summed E-state index contributed by atoms with van der Waals surface area (Å²) in [6.07, 6.45) is 5.08. The summed E-state index contributed by atoms with van der Waals surface area (Å²) in [7, 11) is 1.62. The van der Waals surface area contributed by atoms with Crippen molar-refractivity contribution >= 4 is 0 Å². The summed E-state index contributed by atoms with van der Waals surface area (Å²) in [6.45, 7) is 3.80. The molecule has 94 valence electrons. The molecule has 0 radical (unpaired) electrons. The lowest BCUT2D eigenvalue weighted by Crippen LogP contribution is -2.47. The number of nitrogens with one attached hydrogen (secondary N) is 1. The van der Waals surface area contributed by atoms with E-state index in [1.54, 1.807) is 19.5 Å². The van der Waals surface area contributed by atoms with Crippen molar-refractivity contribution in [2.45, 2.75) is 25.4 Å². The van der Waals surface area contributed by atoms with Crippen molar-refractivity contribution in [1.29, 1.82) is 0 Å². The minimum absolute atomic E-state index is 0.227. The SMILES string of the molecule is CCC1CNCCC1(O)c1cncc(OC)c1. The zero-order valence-corrected chi connectivity index (χ0v) is 10.4. The highest BCUT2D eigenvalue weighted by Gasteiger charge is 2.39. The van der Waals surface area contributed by atoms with Gasteiger partial charge < -0.3 is 15.2 Å². The maximum atomic E-state index is 10.9. The lowest BCUT2D eigenvalue weighted by atomic mass is 9.76. The Balaban J connectivity index is 2.33. The molecule has 1 aromatic rings. The number of nitrogens with zero attached hydrogens (tertiary/aromatic N) is 1. The van der Waals surface area contributed by atoms with Gasteiger partial charge in [-0.1, -0.05) is 6.92 Å². The van der Waals surface area contributed by atoms with Crippen LogP contribution in [0.1, 0.15) is 25.3 Å². The van der Waals surface area contributed by atoms with Gasteiger partial charge >= 0.3 is 0 Å². The van der Waals surface area contributed by atoms with Crippen molar-refractivity contribution < 1.29 is 9.84 Å². The van der Waals surface area contributed by atoms with E-state index < -0.39 is 5.60 Å².